The number of benzene rings is 2. The SMILES string of the molecule is C#CCNC(=O)CSc1nnc(COc2ccccc2F)n1-c1ccccc1. The topological polar surface area (TPSA) is 69.0 Å². The summed E-state index contributed by atoms with van der Waals surface area (Å²) in [6.07, 6.45) is 5.14. The van der Waals surface area contributed by atoms with Crippen LogP contribution in [0.15, 0.2) is 59.8 Å². The maximum Gasteiger partial charge on any atom is 0.231 e. The number of aromatic nitrogens is 3. The minimum absolute atomic E-state index is 0.0205. The molecule has 1 N–H and O–H groups in total. The van der Waals surface area contributed by atoms with Crippen molar-refractivity contribution in [1.82, 2.24) is 20.1 Å². The maximum atomic E-state index is 13.8. The standard InChI is InChI=1S/C20H17FN4O2S/c1-2-12-22-19(26)14-28-20-24-23-18(25(20)15-8-4-3-5-9-15)13-27-17-11-7-6-10-16(17)21/h1,3-11H,12-14H2,(H,22,26). The predicted octanol–water partition coefficient (Wildman–Crippen LogP) is 2.83. The molecule has 0 unspecified atom stereocenters. The fourth-order valence-corrected chi connectivity index (χ4v) is 3.16. The molecule has 3 aromatic rings. The Labute approximate surface area is 166 Å². The third-order valence-corrected chi connectivity index (χ3v) is 4.56. The zero-order chi connectivity index (χ0) is 19.8. The van der Waals surface area contributed by atoms with Gasteiger partial charge < -0.3 is 10.1 Å². The summed E-state index contributed by atoms with van der Waals surface area (Å²) in [5.74, 6) is 2.46. The van der Waals surface area contributed by atoms with Crippen LogP contribution >= 0.6 is 11.8 Å². The molecule has 142 valence electrons. The number of thioether (sulfide) groups is 1. The quantitative estimate of drug-likeness (QED) is 0.468. The molecule has 3 rings (SSSR count). The number of amides is 1. The maximum absolute atomic E-state index is 13.8. The van der Waals surface area contributed by atoms with Crippen LogP contribution < -0.4 is 10.1 Å². The fraction of sp³-hybridized carbons (Fsp3) is 0.150. The Balaban J connectivity index is 1.80. The first-order valence-corrected chi connectivity index (χ1v) is 9.37. The summed E-state index contributed by atoms with van der Waals surface area (Å²) in [4.78, 5) is 11.8. The van der Waals surface area contributed by atoms with Gasteiger partial charge in [-0.15, -0.1) is 16.6 Å². The van der Waals surface area contributed by atoms with E-state index in [4.69, 9.17) is 11.2 Å². The van der Waals surface area contributed by atoms with Gasteiger partial charge in [0.05, 0.1) is 12.3 Å². The van der Waals surface area contributed by atoms with Crippen molar-refractivity contribution in [1.29, 1.82) is 0 Å². The highest BCUT2D eigenvalue weighted by Crippen LogP contribution is 2.23. The second-order valence-electron chi connectivity index (χ2n) is 5.56. The van der Waals surface area contributed by atoms with E-state index in [0.29, 0.717) is 11.0 Å². The van der Waals surface area contributed by atoms with E-state index in [1.54, 1.807) is 22.8 Å². The monoisotopic (exact) mass is 396 g/mol. The molecule has 0 spiro atoms. The molecule has 0 aliphatic rings. The van der Waals surface area contributed by atoms with Crippen LogP contribution in [0.25, 0.3) is 5.69 Å². The van der Waals surface area contributed by atoms with Crippen molar-refractivity contribution in [3.8, 4) is 23.8 Å². The van der Waals surface area contributed by atoms with Gasteiger partial charge in [0.1, 0.15) is 6.61 Å². The Morgan fingerprint density at radius 3 is 2.68 bits per heavy atom. The molecule has 0 aliphatic carbocycles. The number of rotatable bonds is 8. The Hall–Kier alpha value is -3.31. The summed E-state index contributed by atoms with van der Waals surface area (Å²) in [6, 6.07) is 15.6. The Kier molecular flexibility index (Phi) is 6.65. The van der Waals surface area contributed by atoms with Crippen LogP contribution in [0.4, 0.5) is 4.39 Å². The van der Waals surface area contributed by atoms with Gasteiger partial charge in [0.2, 0.25) is 5.91 Å². The highest BCUT2D eigenvalue weighted by molar-refractivity contribution is 7.99. The molecule has 1 heterocycles. The first kappa shape index (κ1) is 19.5. The molecule has 0 fully saturated rings. The lowest BCUT2D eigenvalue weighted by Gasteiger charge is -2.11. The van der Waals surface area contributed by atoms with E-state index in [9.17, 15) is 9.18 Å². The molecule has 0 radical (unpaired) electrons. The molecule has 28 heavy (non-hydrogen) atoms. The van der Waals surface area contributed by atoms with Crippen LogP contribution in [0.1, 0.15) is 5.82 Å². The van der Waals surface area contributed by atoms with E-state index >= 15 is 0 Å². The summed E-state index contributed by atoms with van der Waals surface area (Å²) in [7, 11) is 0. The molecule has 0 atom stereocenters. The molecular weight excluding hydrogens is 379 g/mol. The third-order valence-electron chi connectivity index (χ3n) is 3.63. The molecule has 8 heteroatoms. The lowest BCUT2D eigenvalue weighted by atomic mass is 10.3. The van der Waals surface area contributed by atoms with Crippen molar-refractivity contribution in [3.63, 3.8) is 0 Å². The molecule has 1 aromatic heterocycles. The van der Waals surface area contributed by atoms with Crippen LogP contribution in [-0.2, 0) is 11.4 Å². The lowest BCUT2D eigenvalue weighted by Crippen LogP contribution is -2.25. The highest BCUT2D eigenvalue weighted by atomic mass is 32.2. The molecule has 0 bridgehead atoms. The average molecular weight is 396 g/mol. The molecule has 6 nitrogen and oxygen atoms in total. The number of nitrogens with one attached hydrogen (secondary N) is 1. The van der Waals surface area contributed by atoms with Crippen LogP contribution in [0, 0.1) is 18.2 Å². The van der Waals surface area contributed by atoms with Gasteiger partial charge in [-0.2, -0.15) is 0 Å². The van der Waals surface area contributed by atoms with Gasteiger partial charge in [0, 0.05) is 5.69 Å². The normalized spacial score (nSPS) is 10.3. The van der Waals surface area contributed by atoms with Crippen molar-refractivity contribution in [2.45, 2.75) is 11.8 Å². The van der Waals surface area contributed by atoms with Crippen LogP contribution in [0.2, 0.25) is 0 Å². The second-order valence-corrected chi connectivity index (χ2v) is 6.50. The highest BCUT2D eigenvalue weighted by Gasteiger charge is 2.16. The zero-order valence-corrected chi connectivity index (χ0v) is 15.7. The predicted molar refractivity (Wildman–Crippen MR) is 105 cm³/mol. The van der Waals surface area contributed by atoms with Gasteiger partial charge in [0.25, 0.3) is 0 Å². The molecule has 2 aromatic carbocycles. The first-order chi connectivity index (χ1) is 13.7. The number of hydrogen-bond donors (Lipinski definition) is 1. The third kappa shape index (κ3) is 4.90. The van der Waals surface area contributed by atoms with E-state index in [0.717, 1.165) is 5.69 Å². The molecule has 0 saturated heterocycles. The number of nitrogens with zero attached hydrogens (tertiary/aromatic N) is 3. The van der Waals surface area contributed by atoms with Crippen molar-refractivity contribution >= 4 is 17.7 Å². The number of para-hydroxylation sites is 2. The molecule has 0 saturated carbocycles. The van der Waals surface area contributed by atoms with Gasteiger partial charge in [0.15, 0.2) is 22.5 Å². The summed E-state index contributed by atoms with van der Waals surface area (Å²) in [5.41, 5.74) is 0.811. The van der Waals surface area contributed by atoms with Gasteiger partial charge in [-0.25, -0.2) is 4.39 Å². The van der Waals surface area contributed by atoms with Crippen LogP contribution in [0.5, 0.6) is 5.75 Å². The van der Waals surface area contributed by atoms with E-state index in [2.05, 4.69) is 21.4 Å². The van der Waals surface area contributed by atoms with Crippen molar-refractivity contribution in [2.24, 2.45) is 0 Å². The largest absolute Gasteiger partial charge is 0.483 e. The van der Waals surface area contributed by atoms with Crippen molar-refractivity contribution in [3.05, 3.63) is 66.2 Å². The summed E-state index contributed by atoms with van der Waals surface area (Å²) < 4.78 is 21.1. The number of ether oxygens (including phenoxy) is 1. The number of terminal acetylenes is 1. The Morgan fingerprint density at radius 1 is 1.18 bits per heavy atom. The minimum atomic E-state index is -0.451. The number of hydrogen-bond acceptors (Lipinski definition) is 5. The van der Waals surface area contributed by atoms with Crippen LogP contribution in [0.3, 0.4) is 0 Å². The van der Waals surface area contributed by atoms with E-state index in [-0.39, 0.29) is 30.6 Å². The second kappa shape index (κ2) is 9.58. The number of carbonyl (C=O) groups is 1. The van der Waals surface area contributed by atoms with Crippen LogP contribution in [-0.4, -0.2) is 33.0 Å². The Morgan fingerprint density at radius 2 is 1.93 bits per heavy atom. The van der Waals surface area contributed by atoms with Gasteiger partial charge in [-0.1, -0.05) is 48.0 Å². The molecule has 1 amide bonds. The number of halogens is 1. The summed E-state index contributed by atoms with van der Waals surface area (Å²) >= 11 is 1.23. The summed E-state index contributed by atoms with van der Waals surface area (Å²) in [6.45, 7) is 0.194. The Bertz CT molecular complexity index is 985. The fourth-order valence-electron chi connectivity index (χ4n) is 2.36. The van der Waals surface area contributed by atoms with Gasteiger partial charge >= 0.3 is 0 Å². The average Bonchev–Trinajstić information content (AvgIpc) is 3.13. The van der Waals surface area contributed by atoms with Gasteiger partial charge in [-0.3, -0.25) is 9.36 Å². The number of carbonyl (C=O) groups excluding carboxylic acids is 1. The smallest absolute Gasteiger partial charge is 0.231 e. The summed E-state index contributed by atoms with van der Waals surface area (Å²) in [5, 5.41) is 11.4. The van der Waals surface area contributed by atoms with Crippen molar-refractivity contribution in [2.75, 3.05) is 12.3 Å². The molecular formula is C20H17FN4O2S. The zero-order valence-electron chi connectivity index (χ0n) is 14.8. The lowest BCUT2D eigenvalue weighted by molar-refractivity contribution is -0.118. The minimum Gasteiger partial charge on any atom is -0.483 e. The first-order valence-electron chi connectivity index (χ1n) is 8.39. The van der Waals surface area contributed by atoms with E-state index < -0.39 is 5.82 Å². The molecule has 0 aliphatic heterocycles. The van der Waals surface area contributed by atoms with E-state index in [1.165, 1.54) is 17.8 Å². The van der Waals surface area contributed by atoms with E-state index in [1.807, 2.05) is 30.3 Å². The van der Waals surface area contributed by atoms with Crippen molar-refractivity contribution < 1.29 is 13.9 Å². The van der Waals surface area contributed by atoms with Gasteiger partial charge in [-0.05, 0) is 24.3 Å².